The molecule has 0 aromatic heterocycles. The standard InChI is InChI=1S/C15H26O2/c1-13(2,3)11-6-8-15-10-16-14(4,17-15)7-5-12(15)9-11/h11-12H,5-10H2,1-4H3. The zero-order valence-electron chi connectivity index (χ0n) is 11.7. The van der Waals surface area contributed by atoms with Crippen molar-refractivity contribution < 1.29 is 9.47 Å². The van der Waals surface area contributed by atoms with Crippen LogP contribution in [-0.4, -0.2) is 18.0 Å². The molecule has 0 aromatic rings. The highest BCUT2D eigenvalue weighted by atomic mass is 16.8. The van der Waals surface area contributed by atoms with Crippen LogP contribution in [0, 0.1) is 17.3 Å². The molecule has 2 nitrogen and oxygen atoms in total. The summed E-state index contributed by atoms with van der Waals surface area (Å²) in [4.78, 5) is 0. The van der Waals surface area contributed by atoms with E-state index in [0.29, 0.717) is 5.41 Å². The van der Waals surface area contributed by atoms with Crippen molar-refractivity contribution in [1.29, 1.82) is 0 Å². The zero-order chi connectivity index (χ0) is 12.3. The van der Waals surface area contributed by atoms with Gasteiger partial charge in [-0.1, -0.05) is 20.8 Å². The highest BCUT2D eigenvalue weighted by Gasteiger charge is 2.58. The summed E-state index contributed by atoms with van der Waals surface area (Å²) in [7, 11) is 0. The highest BCUT2D eigenvalue weighted by Crippen LogP contribution is 2.55. The topological polar surface area (TPSA) is 18.5 Å². The largest absolute Gasteiger partial charge is 0.347 e. The smallest absolute Gasteiger partial charge is 0.166 e. The Kier molecular flexibility index (Phi) is 2.45. The normalized spacial score (nSPS) is 50.1. The van der Waals surface area contributed by atoms with Crippen LogP contribution in [0.2, 0.25) is 0 Å². The third-order valence-corrected chi connectivity index (χ3v) is 5.44. The molecular formula is C15H26O2. The van der Waals surface area contributed by atoms with Gasteiger partial charge in [-0.3, -0.25) is 0 Å². The second kappa shape index (κ2) is 3.48. The second-order valence-corrected chi connectivity index (χ2v) is 7.66. The molecule has 3 aliphatic rings. The van der Waals surface area contributed by atoms with Gasteiger partial charge in [0.05, 0.1) is 12.2 Å². The molecule has 2 bridgehead atoms. The Morgan fingerprint density at radius 1 is 1.12 bits per heavy atom. The Labute approximate surface area is 105 Å². The van der Waals surface area contributed by atoms with Crippen LogP contribution in [0.25, 0.3) is 0 Å². The van der Waals surface area contributed by atoms with Gasteiger partial charge >= 0.3 is 0 Å². The van der Waals surface area contributed by atoms with Gasteiger partial charge in [0, 0.05) is 6.42 Å². The van der Waals surface area contributed by atoms with Crippen molar-refractivity contribution in [2.24, 2.45) is 17.3 Å². The van der Waals surface area contributed by atoms with Crippen molar-refractivity contribution >= 4 is 0 Å². The van der Waals surface area contributed by atoms with Crippen molar-refractivity contribution in [2.75, 3.05) is 6.61 Å². The van der Waals surface area contributed by atoms with Gasteiger partial charge in [0.2, 0.25) is 0 Å². The van der Waals surface area contributed by atoms with E-state index in [1.807, 2.05) is 0 Å². The summed E-state index contributed by atoms with van der Waals surface area (Å²) in [5, 5.41) is 0. The van der Waals surface area contributed by atoms with E-state index >= 15 is 0 Å². The average molecular weight is 238 g/mol. The van der Waals surface area contributed by atoms with Crippen molar-refractivity contribution in [1.82, 2.24) is 0 Å². The van der Waals surface area contributed by atoms with Gasteiger partial charge in [0.25, 0.3) is 0 Å². The summed E-state index contributed by atoms with van der Waals surface area (Å²) in [5.41, 5.74) is 0.524. The number of hydrogen-bond donors (Lipinski definition) is 0. The van der Waals surface area contributed by atoms with Crippen molar-refractivity contribution in [3.05, 3.63) is 0 Å². The van der Waals surface area contributed by atoms with Crippen LogP contribution >= 0.6 is 0 Å². The first-order valence-corrected chi connectivity index (χ1v) is 7.17. The molecule has 17 heavy (non-hydrogen) atoms. The Morgan fingerprint density at radius 3 is 2.59 bits per heavy atom. The fraction of sp³-hybridized carbons (Fsp3) is 1.00. The molecule has 2 saturated heterocycles. The minimum atomic E-state index is -0.259. The first kappa shape index (κ1) is 12.0. The van der Waals surface area contributed by atoms with Crippen LogP contribution in [-0.2, 0) is 9.47 Å². The first-order valence-electron chi connectivity index (χ1n) is 7.17. The predicted molar refractivity (Wildman–Crippen MR) is 67.7 cm³/mol. The Balaban J connectivity index is 1.78. The lowest BCUT2D eigenvalue weighted by Gasteiger charge is -2.49. The summed E-state index contributed by atoms with van der Waals surface area (Å²) in [5.74, 6) is 1.33. The molecule has 1 saturated carbocycles. The molecule has 4 atom stereocenters. The van der Waals surface area contributed by atoms with Crippen LogP contribution in [0.4, 0.5) is 0 Å². The molecule has 98 valence electrons. The van der Waals surface area contributed by atoms with E-state index in [9.17, 15) is 0 Å². The van der Waals surface area contributed by atoms with Crippen LogP contribution in [0.3, 0.4) is 0 Å². The molecule has 3 fully saturated rings. The van der Waals surface area contributed by atoms with E-state index in [0.717, 1.165) is 24.9 Å². The summed E-state index contributed by atoms with van der Waals surface area (Å²) >= 11 is 0. The lowest BCUT2D eigenvalue weighted by atomic mass is 9.62. The summed E-state index contributed by atoms with van der Waals surface area (Å²) < 4.78 is 12.2. The van der Waals surface area contributed by atoms with Gasteiger partial charge in [0.15, 0.2) is 5.79 Å². The summed E-state index contributed by atoms with van der Waals surface area (Å²) in [6, 6.07) is 0. The maximum atomic E-state index is 6.32. The fourth-order valence-corrected chi connectivity index (χ4v) is 4.11. The molecule has 3 rings (SSSR count). The average Bonchev–Trinajstić information content (AvgIpc) is 2.49. The third kappa shape index (κ3) is 1.84. The van der Waals surface area contributed by atoms with Crippen LogP contribution in [0.1, 0.15) is 59.8 Å². The number of fused-ring (bicyclic) bond motifs is 1. The molecule has 0 radical (unpaired) electrons. The maximum Gasteiger partial charge on any atom is 0.166 e. The number of rotatable bonds is 0. The number of hydrogen-bond acceptors (Lipinski definition) is 2. The van der Waals surface area contributed by atoms with Gasteiger partial charge in [-0.15, -0.1) is 0 Å². The molecule has 1 aliphatic carbocycles. The van der Waals surface area contributed by atoms with Crippen molar-refractivity contribution in [2.45, 2.75) is 71.2 Å². The molecule has 1 spiro atoms. The van der Waals surface area contributed by atoms with Gasteiger partial charge in [-0.05, 0) is 49.9 Å². The summed E-state index contributed by atoms with van der Waals surface area (Å²) in [6.45, 7) is 10.1. The molecule has 0 amide bonds. The Bertz CT molecular complexity index is 319. The van der Waals surface area contributed by atoms with Crippen LogP contribution in [0.15, 0.2) is 0 Å². The first-order chi connectivity index (χ1) is 7.83. The van der Waals surface area contributed by atoms with E-state index in [4.69, 9.17) is 9.47 Å². The molecule has 0 N–H and O–H groups in total. The van der Waals surface area contributed by atoms with Crippen LogP contribution < -0.4 is 0 Å². The lowest BCUT2D eigenvalue weighted by molar-refractivity contribution is -0.228. The van der Waals surface area contributed by atoms with E-state index < -0.39 is 0 Å². The van der Waals surface area contributed by atoms with Gasteiger partial charge in [-0.25, -0.2) is 0 Å². The van der Waals surface area contributed by atoms with Crippen molar-refractivity contribution in [3.63, 3.8) is 0 Å². The Hall–Kier alpha value is -0.0800. The maximum absolute atomic E-state index is 6.32. The predicted octanol–water partition coefficient (Wildman–Crippen LogP) is 3.74. The fourth-order valence-electron chi connectivity index (χ4n) is 4.11. The van der Waals surface area contributed by atoms with E-state index in [1.54, 1.807) is 0 Å². The second-order valence-electron chi connectivity index (χ2n) is 7.66. The SMILES string of the molecule is CC12CCC3CC(C(C)(C)C)CCC3(CO1)O2. The molecule has 2 heterocycles. The molecule has 2 aliphatic heterocycles. The zero-order valence-corrected chi connectivity index (χ0v) is 11.7. The number of ether oxygens (including phenoxy) is 2. The van der Waals surface area contributed by atoms with E-state index in [-0.39, 0.29) is 11.4 Å². The van der Waals surface area contributed by atoms with Gasteiger partial charge in [0.1, 0.15) is 0 Å². The molecule has 0 aromatic carbocycles. The quantitative estimate of drug-likeness (QED) is 0.640. The summed E-state index contributed by atoms with van der Waals surface area (Å²) in [6.07, 6.45) is 6.22. The van der Waals surface area contributed by atoms with E-state index in [1.165, 1.54) is 25.7 Å². The van der Waals surface area contributed by atoms with Crippen LogP contribution in [0.5, 0.6) is 0 Å². The minimum absolute atomic E-state index is 0.0781. The van der Waals surface area contributed by atoms with Gasteiger partial charge < -0.3 is 9.47 Å². The van der Waals surface area contributed by atoms with E-state index in [2.05, 4.69) is 27.7 Å². The molecule has 2 heteroatoms. The minimum Gasteiger partial charge on any atom is -0.347 e. The monoisotopic (exact) mass is 238 g/mol. The highest BCUT2D eigenvalue weighted by molar-refractivity contribution is 5.03. The Morgan fingerprint density at radius 2 is 1.88 bits per heavy atom. The third-order valence-electron chi connectivity index (χ3n) is 5.44. The molecular weight excluding hydrogens is 212 g/mol. The molecule has 4 unspecified atom stereocenters. The van der Waals surface area contributed by atoms with Gasteiger partial charge in [-0.2, -0.15) is 0 Å². The lowest BCUT2D eigenvalue weighted by Crippen LogP contribution is -2.51. The van der Waals surface area contributed by atoms with Crippen molar-refractivity contribution in [3.8, 4) is 0 Å².